The topological polar surface area (TPSA) is 97.5 Å². The van der Waals surface area contributed by atoms with E-state index < -0.39 is 19.9 Å². The van der Waals surface area contributed by atoms with Crippen molar-refractivity contribution >= 4 is 15.8 Å². The molecule has 0 saturated heterocycles. The maximum atomic E-state index is 10.8. The molecule has 0 aliphatic carbocycles. The van der Waals surface area contributed by atoms with Crippen LogP contribution >= 0.6 is 0 Å². The molecule has 0 atom stereocenters. The third-order valence-corrected chi connectivity index (χ3v) is 2.73. The van der Waals surface area contributed by atoms with Gasteiger partial charge in [0.1, 0.15) is 4.90 Å². The van der Waals surface area contributed by atoms with Crippen LogP contribution in [0.1, 0.15) is 5.56 Å². The number of benzene rings is 1. The Morgan fingerprint density at radius 2 is 2.00 bits per heavy atom. The molecule has 0 aliphatic rings. The van der Waals surface area contributed by atoms with E-state index in [2.05, 4.69) is 0 Å². The number of hydrogen-bond acceptors (Lipinski definition) is 4. The first-order chi connectivity index (χ1) is 6.34. The fraction of sp³-hybridized carbons (Fsp3) is 0.143. The molecule has 1 rings (SSSR count). The van der Waals surface area contributed by atoms with E-state index in [1.54, 1.807) is 0 Å². The maximum Gasteiger partial charge on any atom is 0.295 e. The van der Waals surface area contributed by atoms with Crippen LogP contribution in [0.25, 0.3) is 0 Å². The van der Waals surface area contributed by atoms with Crippen molar-refractivity contribution in [2.75, 3.05) is 0 Å². The van der Waals surface area contributed by atoms with Crippen molar-refractivity contribution in [2.24, 2.45) is 0 Å². The molecule has 0 heterocycles. The second kappa shape index (κ2) is 3.35. The molecule has 1 aromatic rings. The second-order valence-corrected chi connectivity index (χ2v) is 4.02. The van der Waals surface area contributed by atoms with Crippen LogP contribution in [0.4, 0.5) is 5.69 Å². The third-order valence-electron chi connectivity index (χ3n) is 1.73. The van der Waals surface area contributed by atoms with Crippen LogP contribution in [-0.2, 0) is 10.1 Å². The van der Waals surface area contributed by atoms with Crippen LogP contribution in [0.3, 0.4) is 0 Å². The molecule has 1 N–H and O–H groups in total. The fourth-order valence-electron chi connectivity index (χ4n) is 1.08. The number of hydrogen-bond donors (Lipinski definition) is 1. The highest BCUT2D eigenvalue weighted by Gasteiger charge is 2.20. The Labute approximate surface area is 80.1 Å². The molecule has 7 heteroatoms. The summed E-state index contributed by atoms with van der Waals surface area (Å²) in [6, 6.07) is 3.48. The van der Waals surface area contributed by atoms with Gasteiger partial charge in [0.05, 0.1) is 4.92 Å². The summed E-state index contributed by atoms with van der Waals surface area (Å²) in [6.45, 7) is 1.27. The zero-order valence-corrected chi connectivity index (χ0v) is 7.98. The van der Waals surface area contributed by atoms with Gasteiger partial charge < -0.3 is 0 Å². The number of nitro benzene ring substituents is 1. The molecular weight excluding hydrogens is 210 g/mol. The third kappa shape index (κ3) is 1.88. The summed E-state index contributed by atoms with van der Waals surface area (Å²) in [6.07, 6.45) is 0. The maximum absolute atomic E-state index is 10.8. The van der Waals surface area contributed by atoms with Crippen LogP contribution in [-0.4, -0.2) is 17.9 Å². The minimum Gasteiger partial charge on any atom is -0.282 e. The molecule has 0 radical (unpaired) electrons. The molecule has 76 valence electrons. The zero-order chi connectivity index (χ0) is 10.9. The summed E-state index contributed by atoms with van der Waals surface area (Å²) in [5.41, 5.74) is -0.403. The Hall–Kier alpha value is -1.47. The average Bonchev–Trinajstić information content (AvgIpc) is 2.01. The second-order valence-electron chi connectivity index (χ2n) is 2.63. The lowest BCUT2D eigenvalue weighted by Crippen LogP contribution is -2.03. The van der Waals surface area contributed by atoms with Gasteiger partial charge in [-0.15, -0.1) is 0 Å². The minimum atomic E-state index is -4.39. The van der Waals surface area contributed by atoms with E-state index in [1.165, 1.54) is 19.1 Å². The average molecular weight is 217 g/mol. The number of nitro groups is 1. The number of rotatable bonds is 2. The highest BCUT2D eigenvalue weighted by molar-refractivity contribution is 7.85. The predicted octanol–water partition coefficient (Wildman–Crippen LogP) is 1.15. The zero-order valence-electron chi connectivity index (χ0n) is 7.17. The summed E-state index contributed by atoms with van der Waals surface area (Å²) < 4.78 is 30.2. The predicted molar refractivity (Wildman–Crippen MR) is 47.6 cm³/mol. The molecule has 1 aromatic carbocycles. The van der Waals surface area contributed by atoms with Crippen LogP contribution in [0.2, 0.25) is 0 Å². The molecule has 0 fully saturated rings. The standard InChI is InChI=1S/C7H7NO5S/c1-5-6(8(9)10)3-2-4-7(5)14(11,12)13/h2-4H,1H3,(H,11,12,13). The highest BCUT2D eigenvalue weighted by atomic mass is 32.2. The van der Waals surface area contributed by atoms with Crippen LogP contribution in [0.15, 0.2) is 23.1 Å². The van der Waals surface area contributed by atoms with Crippen molar-refractivity contribution in [3.8, 4) is 0 Å². The van der Waals surface area contributed by atoms with E-state index in [-0.39, 0.29) is 11.3 Å². The van der Waals surface area contributed by atoms with Gasteiger partial charge in [-0.1, -0.05) is 6.07 Å². The van der Waals surface area contributed by atoms with E-state index in [1.807, 2.05) is 0 Å². The Morgan fingerprint density at radius 3 is 2.43 bits per heavy atom. The normalized spacial score (nSPS) is 11.3. The van der Waals surface area contributed by atoms with Crippen molar-refractivity contribution in [1.29, 1.82) is 0 Å². The first-order valence-electron chi connectivity index (χ1n) is 3.55. The molecule has 0 amide bonds. The lowest BCUT2D eigenvalue weighted by atomic mass is 10.2. The molecule has 0 spiro atoms. The molecule has 0 bridgehead atoms. The Bertz CT molecular complexity index is 479. The van der Waals surface area contributed by atoms with Gasteiger partial charge in [-0.2, -0.15) is 8.42 Å². The highest BCUT2D eigenvalue weighted by Crippen LogP contribution is 2.24. The Balaban J connectivity index is 3.51. The van der Waals surface area contributed by atoms with Crippen molar-refractivity contribution in [2.45, 2.75) is 11.8 Å². The summed E-state index contributed by atoms with van der Waals surface area (Å²) in [5, 5.41) is 10.4. The minimum absolute atomic E-state index is 0.0694. The molecule has 0 aromatic heterocycles. The largest absolute Gasteiger partial charge is 0.295 e. The first kappa shape index (κ1) is 10.6. The van der Waals surface area contributed by atoms with Crippen molar-refractivity contribution < 1.29 is 17.9 Å². The lowest BCUT2D eigenvalue weighted by molar-refractivity contribution is -0.385. The molecule has 0 saturated carbocycles. The molecule has 0 unspecified atom stereocenters. The van der Waals surface area contributed by atoms with E-state index in [0.717, 1.165) is 6.07 Å². The quantitative estimate of drug-likeness (QED) is 0.455. The SMILES string of the molecule is Cc1c([N+](=O)[O-])cccc1S(=O)(=O)O. The van der Waals surface area contributed by atoms with E-state index in [9.17, 15) is 18.5 Å². The van der Waals surface area contributed by atoms with Crippen molar-refractivity contribution in [1.82, 2.24) is 0 Å². The molecule has 0 aliphatic heterocycles. The van der Waals surface area contributed by atoms with E-state index in [4.69, 9.17) is 4.55 Å². The van der Waals surface area contributed by atoms with Gasteiger partial charge in [-0.3, -0.25) is 14.7 Å². The number of nitrogens with zero attached hydrogens (tertiary/aromatic N) is 1. The van der Waals surface area contributed by atoms with Crippen molar-refractivity contribution in [3.63, 3.8) is 0 Å². The van der Waals surface area contributed by atoms with Gasteiger partial charge in [0, 0.05) is 11.6 Å². The van der Waals surface area contributed by atoms with Crippen molar-refractivity contribution in [3.05, 3.63) is 33.9 Å². The van der Waals surface area contributed by atoms with Crippen LogP contribution < -0.4 is 0 Å². The van der Waals surface area contributed by atoms with Gasteiger partial charge >= 0.3 is 0 Å². The van der Waals surface area contributed by atoms with Crippen LogP contribution in [0, 0.1) is 17.0 Å². The van der Waals surface area contributed by atoms with Crippen LogP contribution in [0.5, 0.6) is 0 Å². The summed E-state index contributed by atoms with van der Waals surface area (Å²) >= 11 is 0. The van der Waals surface area contributed by atoms with E-state index >= 15 is 0 Å². The van der Waals surface area contributed by atoms with Gasteiger partial charge in [-0.25, -0.2) is 0 Å². The lowest BCUT2D eigenvalue weighted by Gasteiger charge is -2.01. The summed E-state index contributed by atoms with van der Waals surface area (Å²) in [4.78, 5) is 9.29. The Kier molecular flexibility index (Phi) is 2.54. The smallest absolute Gasteiger partial charge is 0.282 e. The monoisotopic (exact) mass is 217 g/mol. The molecule has 14 heavy (non-hydrogen) atoms. The molecular formula is C7H7NO5S. The van der Waals surface area contributed by atoms with Gasteiger partial charge in [0.15, 0.2) is 0 Å². The summed E-state index contributed by atoms with van der Waals surface area (Å²) in [5.74, 6) is 0. The molecule has 6 nitrogen and oxygen atoms in total. The first-order valence-corrected chi connectivity index (χ1v) is 4.99. The van der Waals surface area contributed by atoms with Gasteiger partial charge in [0.2, 0.25) is 0 Å². The van der Waals surface area contributed by atoms with Gasteiger partial charge in [-0.05, 0) is 13.0 Å². The Morgan fingerprint density at radius 1 is 1.43 bits per heavy atom. The fourth-order valence-corrected chi connectivity index (χ4v) is 1.82. The van der Waals surface area contributed by atoms with Gasteiger partial charge in [0.25, 0.3) is 15.8 Å². The van der Waals surface area contributed by atoms with E-state index in [0.29, 0.717) is 0 Å². The summed E-state index contributed by atoms with van der Waals surface area (Å²) in [7, 11) is -4.39.